The first kappa shape index (κ1) is 20.3. The molecule has 1 atom stereocenters. The lowest BCUT2D eigenvalue weighted by atomic mass is 10.2. The molecule has 0 radical (unpaired) electrons. The van der Waals surface area contributed by atoms with Gasteiger partial charge in [0.25, 0.3) is 5.91 Å². The van der Waals surface area contributed by atoms with Crippen LogP contribution in [0, 0.1) is 12.7 Å². The Kier molecular flexibility index (Phi) is 6.00. The Balaban J connectivity index is 1.60. The minimum atomic E-state index is -3.78. The Bertz CT molecular complexity index is 956. The Morgan fingerprint density at radius 1 is 1.07 bits per heavy atom. The molecule has 0 aromatic heterocycles. The Hall–Kier alpha value is -2.45. The number of ether oxygens (including phenoxy) is 1. The van der Waals surface area contributed by atoms with E-state index in [9.17, 15) is 17.6 Å². The molecule has 0 N–H and O–H groups in total. The van der Waals surface area contributed by atoms with Crippen LogP contribution in [0.1, 0.15) is 12.5 Å². The molecule has 1 saturated heterocycles. The maximum atomic E-state index is 13.4. The van der Waals surface area contributed by atoms with Gasteiger partial charge in [0.1, 0.15) is 11.6 Å². The number of nitrogens with zero attached hydrogens (tertiary/aromatic N) is 2. The lowest BCUT2D eigenvalue weighted by Crippen LogP contribution is -2.53. The van der Waals surface area contributed by atoms with E-state index in [1.807, 2.05) is 25.1 Å². The Morgan fingerprint density at radius 3 is 2.39 bits per heavy atom. The average molecular weight is 406 g/mol. The van der Waals surface area contributed by atoms with Gasteiger partial charge in [0.05, 0.1) is 4.90 Å². The van der Waals surface area contributed by atoms with Crippen LogP contribution in [-0.4, -0.2) is 55.8 Å². The van der Waals surface area contributed by atoms with Gasteiger partial charge in [0.2, 0.25) is 10.0 Å². The summed E-state index contributed by atoms with van der Waals surface area (Å²) < 4.78 is 45.7. The highest BCUT2D eigenvalue weighted by atomic mass is 32.2. The third-order valence-electron chi connectivity index (χ3n) is 4.63. The quantitative estimate of drug-likeness (QED) is 0.765. The Morgan fingerprint density at radius 2 is 1.75 bits per heavy atom. The number of halogens is 1. The zero-order chi connectivity index (χ0) is 20.3. The summed E-state index contributed by atoms with van der Waals surface area (Å²) in [5.41, 5.74) is 1.04. The van der Waals surface area contributed by atoms with Crippen molar-refractivity contribution in [1.29, 1.82) is 0 Å². The largest absolute Gasteiger partial charge is 0.481 e. The van der Waals surface area contributed by atoms with E-state index >= 15 is 0 Å². The molecule has 0 aliphatic carbocycles. The highest BCUT2D eigenvalue weighted by Gasteiger charge is 2.32. The number of carbonyl (C=O) groups excluding carboxylic acids is 1. The molecule has 1 heterocycles. The van der Waals surface area contributed by atoms with E-state index in [4.69, 9.17) is 4.74 Å². The van der Waals surface area contributed by atoms with Crippen molar-refractivity contribution in [3.8, 4) is 5.75 Å². The molecular formula is C20H23FN2O4S. The van der Waals surface area contributed by atoms with Gasteiger partial charge in [0, 0.05) is 26.2 Å². The van der Waals surface area contributed by atoms with Gasteiger partial charge in [0.15, 0.2) is 6.10 Å². The second kappa shape index (κ2) is 8.28. The van der Waals surface area contributed by atoms with Crippen molar-refractivity contribution < 1.29 is 22.3 Å². The number of aryl methyl sites for hydroxylation is 1. The van der Waals surface area contributed by atoms with Crippen LogP contribution >= 0.6 is 0 Å². The molecule has 0 saturated carbocycles. The van der Waals surface area contributed by atoms with Gasteiger partial charge in [-0.3, -0.25) is 4.79 Å². The first-order valence-electron chi connectivity index (χ1n) is 9.05. The van der Waals surface area contributed by atoms with Crippen LogP contribution in [0.25, 0.3) is 0 Å². The van der Waals surface area contributed by atoms with Crippen molar-refractivity contribution in [1.82, 2.24) is 9.21 Å². The predicted molar refractivity (Wildman–Crippen MR) is 103 cm³/mol. The molecule has 0 spiro atoms. The average Bonchev–Trinajstić information content (AvgIpc) is 2.67. The van der Waals surface area contributed by atoms with E-state index in [0.29, 0.717) is 5.75 Å². The van der Waals surface area contributed by atoms with E-state index < -0.39 is 21.9 Å². The van der Waals surface area contributed by atoms with Gasteiger partial charge in [-0.05, 0) is 49.7 Å². The van der Waals surface area contributed by atoms with Crippen molar-refractivity contribution in [3.63, 3.8) is 0 Å². The SMILES string of the molecule is Cc1cccc(O[C@H](C)C(=O)N2CCN(S(=O)(=O)c3cccc(F)c3)CC2)c1. The minimum Gasteiger partial charge on any atom is -0.481 e. The molecule has 0 unspecified atom stereocenters. The van der Waals surface area contributed by atoms with Crippen LogP contribution in [0.15, 0.2) is 53.4 Å². The summed E-state index contributed by atoms with van der Waals surface area (Å²) in [5.74, 6) is -0.172. The van der Waals surface area contributed by atoms with Gasteiger partial charge < -0.3 is 9.64 Å². The summed E-state index contributed by atoms with van der Waals surface area (Å²) in [6, 6.07) is 12.4. The lowest BCUT2D eigenvalue weighted by molar-refractivity contribution is -0.139. The van der Waals surface area contributed by atoms with Gasteiger partial charge in [-0.2, -0.15) is 4.31 Å². The fourth-order valence-corrected chi connectivity index (χ4v) is 4.58. The van der Waals surface area contributed by atoms with Gasteiger partial charge >= 0.3 is 0 Å². The first-order valence-corrected chi connectivity index (χ1v) is 10.5. The van der Waals surface area contributed by atoms with Crippen LogP contribution in [-0.2, 0) is 14.8 Å². The maximum absolute atomic E-state index is 13.4. The molecule has 2 aromatic rings. The van der Waals surface area contributed by atoms with Crippen LogP contribution in [0.2, 0.25) is 0 Å². The Labute approximate surface area is 164 Å². The minimum absolute atomic E-state index is 0.0802. The summed E-state index contributed by atoms with van der Waals surface area (Å²) >= 11 is 0. The van der Waals surface area contributed by atoms with Gasteiger partial charge in [-0.25, -0.2) is 12.8 Å². The summed E-state index contributed by atoms with van der Waals surface area (Å²) in [5, 5.41) is 0. The van der Waals surface area contributed by atoms with Crippen molar-refractivity contribution >= 4 is 15.9 Å². The molecule has 1 amide bonds. The number of sulfonamides is 1. The fourth-order valence-electron chi connectivity index (χ4n) is 3.13. The number of carbonyl (C=O) groups is 1. The number of hydrogen-bond donors (Lipinski definition) is 0. The molecule has 3 rings (SSSR count). The standard InChI is InChI=1S/C20H23FN2O4S/c1-15-5-3-7-18(13-15)27-16(2)20(24)22-9-11-23(12-10-22)28(25,26)19-8-4-6-17(21)14-19/h3-8,13-14,16H,9-12H2,1-2H3/t16-/m1/s1. The van der Waals surface area contributed by atoms with E-state index in [0.717, 1.165) is 11.6 Å². The lowest BCUT2D eigenvalue weighted by Gasteiger charge is -2.35. The topological polar surface area (TPSA) is 66.9 Å². The molecule has 8 heteroatoms. The zero-order valence-electron chi connectivity index (χ0n) is 15.8. The van der Waals surface area contributed by atoms with E-state index in [1.54, 1.807) is 17.9 Å². The summed E-state index contributed by atoms with van der Waals surface area (Å²) in [4.78, 5) is 14.2. The molecule has 2 aromatic carbocycles. The number of hydrogen-bond acceptors (Lipinski definition) is 4. The highest BCUT2D eigenvalue weighted by molar-refractivity contribution is 7.89. The molecule has 1 aliphatic rings. The van der Waals surface area contributed by atoms with Gasteiger partial charge in [-0.15, -0.1) is 0 Å². The van der Waals surface area contributed by atoms with Gasteiger partial charge in [-0.1, -0.05) is 18.2 Å². The predicted octanol–water partition coefficient (Wildman–Crippen LogP) is 2.43. The first-order chi connectivity index (χ1) is 13.3. The molecule has 1 aliphatic heterocycles. The maximum Gasteiger partial charge on any atom is 0.263 e. The van der Waals surface area contributed by atoms with Crippen molar-refractivity contribution in [3.05, 3.63) is 59.9 Å². The van der Waals surface area contributed by atoms with Crippen molar-refractivity contribution in [2.45, 2.75) is 24.8 Å². The summed E-state index contributed by atoms with van der Waals surface area (Å²) in [6.07, 6.45) is -0.673. The molecule has 150 valence electrons. The van der Waals surface area contributed by atoms with E-state index in [-0.39, 0.29) is 37.0 Å². The van der Waals surface area contributed by atoms with Crippen molar-refractivity contribution in [2.75, 3.05) is 26.2 Å². The highest BCUT2D eigenvalue weighted by Crippen LogP contribution is 2.20. The molecule has 6 nitrogen and oxygen atoms in total. The second-order valence-corrected chi connectivity index (χ2v) is 8.70. The van der Waals surface area contributed by atoms with Crippen LogP contribution in [0.5, 0.6) is 5.75 Å². The summed E-state index contributed by atoms with van der Waals surface area (Å²) in [7, 11) is -3.78. The number of piperazine rings is 1. The third kappa shape index (κ3) is 4.51. The molecular weight excluding hydrogens is 383 g/mol. The summed E-state index contributed by atoms with van der Waals surface area (Å²) in [6.45, 7) is 4.45. The van der Waals surface area contributed by atoms with Crippen molar-refractivity contribution in [2.24, 2.45) is 0 Å². The van der Waals surface area contributed by atoms with Crippen LogP contribution < -0.4 is 4.74 Å². The number of benzene rings is 2. The smallest absolute Gasteiger partial charge is 0.263 e. The monoisotopic (exact) mass is 406 g/mol. The number of rotatable bonds is 5. The third-order valence-corrected chi connectivity index (χ3v) is 6.53. The van der Waals surface area contributed by atoms with Crippen LogP contribution in [0.3, 0.4) is 0 Å². The fraction of sp³-hybridized carbons (Fsp3) is 0.350. The zero-order valence-corrected chi connectivity index (χ0v) is 16.7. The van der Waals surface area contributed by atoms with E-state index in [2.05, 4.69) is 0 Å². The second-order valence-electron chi connectivity index (χ2n) is 6.76. The molecule has 1 fully saturated rings. The van der Waals surface area contributed by atoms with Crippen LogP contribution in [0.4, 0.5) is 4.39 Å². The molecule has 0 bridgehead atoms. The van der Waals surface area contributed by atoms with E-state index in [1.165, 1.54) is 22.5 Å². The molecule has 28 heavy (non-hydrogen) atoms. The normalized spacial score (nSPS) is 16.6. The number of amides is 1.